The molecule has 0 aliphatic carbocycles. The molecule has 4 rings (SSSR count). The molecule has 0 radical (unpaired) electrons. The van der Waals surface area contributed by atoms with Crippen molar-refractivity contribution in [1.82, 2.24) is 20.0 Å². The van der Waals surface area contributed by atoms with Gasteiger partial charge in [0.1, 0.15) is 12.3 Å². The SMILES string of the molecule is COCn1cc(-c2coc3ccc(-c4nnc(C)o4)cc23)cn1. The molecule has 0 aliphatic rings. The fourth-order valence-corrected chi connectivity index (χ4v) is 2.50. The lowest BCUT2D eigenvalue weighted by Gasteiger charge is -1.98. The maximum atomic E-state index is 5.63. The van der Waals surface area contributed by atoms with Crippen molar-refractivity contribution in [2.75, 3.05) is 7.11 Å². The number of fused-ring (bicyclic) bond motifs is 1. The number of rotatable bonds is 4. The van der Waals surface area contributed by atoms with E-state index in [1.165, 1.54) is 0 Å². The number of hydrogen-bond acceptors (Lipinski definition) is 6. The fraction of sp³-hybridized carbons (Fsp3) is 0.188. The molecule has 0 N–H and O–H groups in total. The number of ether oxygens (including phenoxy) is 1. The molecule has 0 unspecified atom stereocenters. The Morgan fingerprint density at radius 1 is 1.22 bits per heavy atom. The molecule has 3 heterocycles. The third-order valence-electron chi connectivity index (χ3n) is 3.55. The van der Waals surface area contributed by atoms with Gasteiger partial charge in [0.15, 0.2) is 0 Å². The number of nitrogens with zero attached hydrogens (tertiary/aromatic N) is 4. The molecule has 7 nitrogen and oxygen atoms in total. The summed E-state index contributed by atoms with van der Waals surface area (Å²) in [6.45, 7) is 2.17. The van der Waals surface area contributed by atoms with Crippen LogP contribution < -0.4 is 0 Å². The van der Waals surface area contributed by atoms with Gasteiger partial charge in [-0.05, 0) is 18.2 Å². The van der Waals surface area contributed by atoms with E-state index in [0.29, 0.717) is 18.5 Å². The lowest BCUT2D eigenvalue weighted by molar-refractivity contribution is 0.120. The van der Waals surface area contributed by atoms with Crippen molar-refractivity contribution < 1.29 is 13.6 Å². The van der Waals surface area contributed by atoms with Crippen LogP contribution in [-0.4, -0.2) is 27.1 Å². The quantitative estimate of drug-likeness (QED) is 0.575. The van der Waals surface area contributed by atoms with Gasteiger partial charge in [-0.2, -0.15) is 5.10 Å². The van der Waals surface area contributed by atoms with Gasteiger partial charge in [0.25, 0.3) is 0 Å². The van der Waals surface area contributed by atoms with Crippen LogP contribution >= 0.6 is 0 Å². The normalized spacial score (nSPS) is 11.4. The van der Waals surface area contributed by atoms with E-state index in [4.69, 9.17) is 13.6 Å². The summed E-state index contributed by atoms with van der Waals surface area (Å²) < 4.78 is 17.9. The largest absolute Gasteiger partial charge is 0.464 e. The van der Waals surface area contributed by atoms with E-state index < -0.39 is 0 Å². The highest BCUT2D eigenvalue weighted by atomic mass is 16.5. The zero-order valence-corrected chi connectivity index (χ0v) is 12.7. The molecule has 0 saturated heterocycles. The first-order chi connectivity index (χ1) is 11.2. The van der Waals surface area contributed by atoms with Crippen LogP contribution in [0.15, 0.2) is 45.7 Å². The summed E-state index contributed by atoms with van der Waals surface area (Å²) in [6.07, 6.45) is 5.42. The van der Waals surface area contributed by atoms with Crippen molar-refractivity contribution in [2.24, 2.45) is 0 Å². The van der Waals surface area contributed by atoms with Crippen molar-refractivity contribution in [3.8, 4) is 22.6 Å². The van der Waals surface area contributed by atoms with Gasteiger partial charge in [-0.15, -0.1) is 10.2 Å². The maximum Gasteiger partial charge on any atom is 0.247 e. The van der Waals surface area contributed by atoms with E-state index in [1.807, 2.05) is 24.4 Å². The van der Waals surface area contributed by atoms with Gasteiger partial charge in [0.2, 0.25) is 11.8 Å². The van der Waals surface area contributed by atoms with Crippen molar-refractivity contribution in [3.05, 3.63) is 42.7 Å². The maximum absolute atomic E-state index is 5.63. The van der Waals surface area contributed by atoms with Crippen LogP contribution in [-0.2, 0) is 11.5 Å². The Labute approximate surface area is 131 Å². The van der Waals surface area contributed by atoms with Crippen LogP contribution in [0.4, 0.5) is 0 Å². The molecular weight excluding hydrogens is 296 g/mol. The van der Waals surface area contributed by atoms with Crippen LogP contribution in [0, 0.1) is 6.92 Å². The van der Waals surface area contributed by atoms with Crippen LogP contribution in [0.3, 0.4) is 0 Å². The molecule has 1 aromatic carbocycles. The molecule has 0 atom stereocenters. The Bertz CT molecular complexity index is 967. The van der Waals surface area contributed by atoms with Crippen LogP contribution in [0.2, 0.25) is 0 Å². The van der Waals surface area contributed by atoms with Crippen molar-refractivity contribution in [2.45, 2.75) is 13.7 Å². The van der Waals surface area contributed by atoms with Gasteiger partial charge in [0.05, 0.1) is 12.5 Å². The van der Waals surface area contributed by atoms with Crippen molar-refractivity contribution >= 4 is 11.0 Å². The van der Waals surface area contributed by atoms with E-state index in [9.17, 15) is 0 Å². The van der Waals surface area contributed by atoms with E-state index in [2.05, 4.69) is 15.3 Å². The molecule has 0 saturated carbocycles. The summed E-state index contributed by atoms with van der Waals surface area (Å²) in [5.74, 6) is 1.03. The average Bonchev–Trinajstić information content (AvgIpc) is 3.26. The molecule has 3 aromatic heterocycles. The monoisotopic (exact) mass is 310 g/mol. The number of hydrogen-bond donors (Lipinski definition) is 0. The molecule has 0 spiro atoms. The molecule has 4 aromatic rings. The summed E-state index contributed by atoms with van der Waals surface area (Å²) in [6, 6.07) is 5.78. The first-order valence-electron chi connectivity index (χ1n) is 7.08. The Balaban J connectivity index is 1.80. The van der Waals surface area contributed by atoms with Crippen LogP contribution in [0.5, 0.6) is 0 Å². The molecule has 0 fully saturated rings. The Morgan fingerprint density at radius 3 is 2.91 bits per heavy atom. The third kappa shape index (κ3) is 2.40. The first kappa shape index (κ1) is 13.7. The Kier molecular flexibility index (Phi) is 3.20. The van der Waals surface area contributed by atoms with E-state index in [0.717, 1.165) is 27.7 Å². The standard InChI is InChI=1S/C16H14N4O3/c1-10-18-19-16(23-10)11-3-4-15-13(5-11)14(8-22-15)12-6-17-20(7-12)9-21-2/h3-8H,9H2,1-2H3. The lowest BCUT2D eigenvalue weighted by atomic mass is 10.1. The highest BCUT2D eigenvalue weighted by Gasteiger charge is 2.13. The molecule has 7 heteroatoms. The molecule has 0 amide bonds. The smallest absolute Gasteiger partial charge is 0.247 e. The molecule has 116 valence electrons. The second-order valence-electron chi connectivity index (χ2n) is 5.17. The second kappa shape index (κ2) is 5.36. The topological polar surface area (TPSA) is 79.1 Å². The van der Waals surface area contributed by atoms with Crippen molar-refractivity contribution in [3.63, 3.8) is 0 Å². The molecule has 0 bridgehead atoms. The van der Waals surface area contributed by atoms with E-state index in [-0.39, 0.29) is 0 Å². The second-order valence-corrected chi connectivity index (χ2v) is 5.17. The Hall–Kier alpha value is -2.93. The number of aryl methyl sites for hydroxylation is 1. The first-order valence-corrected chi connectivity index (χ1v) is 7.08. The molecule has 23 heavy (non-hydrogen) atoms. The predicted molar refractivity (Wildman–Crippen MR) is 82.5 cm³/mol. The zero-order valence-electron chi connectivity index (χ0n) is 12.7. The lowest BCUT2D eigenvalue weighted by Crippen LogP contribution is -1.98. The number of methoxy groups -OCH3 is 1. The summed E-state index contributed by atoms with van der Waals surface area (Å²) in [7, 11) is 1.63. The highest BCUT2D eigenvalue weighted by molar-refractivity contribution is 5.95. The minimum Gasteiger partial charge on any atom is -0.464 e. The minimum absolute atomic E-state index is 0.405. The van der Waals surface area contributed by atoms with E-state index in [1.54, 1.807) is 31.2 Å². The van der Waals surface area contributed by atoms with Gasteiger partial charge in [-0.25, -0.2) is 4.68 Å². The average molecular weight is 310 g/mol. The van der Waals surface area contributed by atoms with Gasteiger partial charge in [-0.1, -0.05) is 0 Å². The molecular formula is C16H14N4O3. The molecule has 0 aliphatic heterocycles. The summed E-state index contributed by atoms with van der Waals surface area (Å²) in [5.41, 5.74) is 3.56. The summed E-state index contributed by atoms with van der Waals surface area (Å²) in [5, 5.41) is 13.2. The number of aromatic nitrogens is 4. The van der Waals surface area contributed by atoms with Crippen LogP contribution in [0.25, 0.3) is 33.6 Å². The predicted octanol–water partition coefficient (Wildman–Crippen LogP) is 3.26. The minimum atomic E-state index is 0.405. The van der Waals surface area contributed by atoms with Gasteiger partial charge < -0.3 is 13.6 Å². The summed E-state index contributed by atoms with van der Waals surface area (Å²) >= 11 is 0. The van der Waals surface area contributed by atoms with E-state index >= 15 is 0 Å². The summed E-state index contributed by atoms with van der Waals surface area (Å²) in [4.78, 5) is 0. The number of furan rings is 1. The zero-order chi connectivity index (χ0) is 15.8. The highest BCUT2D eigenvalue weighted by Crippen LogP contribution is 2.33. The third-order valence-corrected chi connectivity index (χ3v) is 3.55. The van der Waals surface area contributed by atoms with Gasteiger partial charge in [-0.3, -0.25) is 0 Å². The van der Waals surface area contributed by atoms with Gasteiger partial charge >= 0.3 is 0 Å². The Morgan fingerprint density at radius 2 is 2.13 bits per heavy atom. The van der Waals surface area contributed by atoms with Gasteiger partial charge in [0, 0.05) is 42.3 Å². The van der Waals surface area contributed by atoms with Crippen LogP contribution in [0.1, 0.15) is 5.89 Å². The van der Waals surface area contributed by atoms with Crippen molar-refractivity contribution in [1.29, 1.82) is 0 Å². The number of benzene rings is 1. The fourth-order valence-electron chi connectivity index (χ4n) is 2.50.